The molecule has 24 heavy (non-hydrogen) atoms. The molecule has 2 aromatic rings. The van der Waals surface area contributed by atoms with E-state index in [1.54, 1.807) is 24.4 Å². The number of unbranched alkanes of at least 4 members (excludes halogenated alkanes) is 1. The van der Waals surface area contributed by atoms with Gasteiger partial charge >= 0.3 is 0 Å². The van der Waals surface area contributed by atoms with Gasteiger partial charge in [-0.05, 0) is 37.1 Å². The number of nitrogens with one attached hydrogen (secondary N) is 2. The summed E-state index contributed by atoms with van der Waals surface area (Å²) in [6, 6.07) is 7.83. The number of amides is 1. The second-order valence-electron chi connectivity index (χ2n) is 5.46. The van der Waals surface area contributed by atoms with Crippen molar-refractivity contribution in [1.82, 2.24) is 10.3 Å². The molecule has 7 heteroatoms. The van der Waals surface area contributed by atoms with Crippen LogP contribution in [0.1, 0.15) is 35.7 Å². The zero-order valence-corrected chi connectivity index (χ0v) is 14.6. The molecule has 1 aromatic carbocycles. The Bertz CT molecular complexity index is 819. The highest BCUT2D eigenvalue weighted by atomic mass is 32.2. The molecule has 0 spiro atoms. The summed E-state index contributed by atoms with van der Waals surface area (Å²) in [4.78, 5) is 16.2. The van der Waals surface area contributed by atoms with Gasteiger partial charge in [-0.25, -0.2) is 8.42 Å². The van der Waals surface area contributed by atoms with Gasteiger partial charge in [0.1, 0.15) is 4.90 Å². The molecule has 0 aliphatic heterocycles. The van der Waals surface area contributed by atoms with E-state index in [0.717, 1.165) is 18.4 Å². The first-order chi connectivity index (χ1) is 11.4. The van der Waals surface area contributed by atoms with Crippen molar-refractivity contribution in [1.29, 1.82) is 0 Å². The van der Waals surface area contributed by atoms with Gasteiger partial charge in [0.15, 0.2) is 0 Å². The highest BCUT2D eigenvalue weighted by molar-refractivity contribution is 7.92. The summed E-state index contributed by atoms with van der Waals surface area (Å²) in [5, 5.41) is 2.74. The maximum Gasteiger partial charge on any atom is 0.262 e. The van der Waals surface area contributed by atoms with Gasteiger partial charge in [0.2, 0.25) is 0 Å². The van der Waals surface area contributed by atoms with Crippen LogP contribution in [0.5, 0.6) is 0 Å². The van der Waals surface area contributed by atoms with E-state index in [1.807, 2.05) is 13.8 Å². The number of aromatic nitrogens is 1. The van der Waals surface area contributed by atoms with Crippen LogP contribution < -0.4 is 10.0 Å². The van der Waals surface area contributed by atoms with Crippen LogP contribution in [0.2, 0.25) is 0 Å². The molecule has 6 nitrogen and oxygen atoms in total. The van der Waals surface area contributed by atoms with E-state index in [2.05, 4.69) is 15.0 Å². The van der Waals surface area contributed by atoms with Crippen molar-refractivity contribution in [3.8, 4) is 0 Å². The van der Waals surface area contributed by atoms with E-state index in [1.165, 1.54) is 18.3 Å². The van der Waals surface area contributed by atoms with Crippen LogP contribution in [0.15, 0.2) is 47.6 Å². The summed E-state index contributed by atoms with van der Waals surface area (Å²) < 4.78 is 27.8. The van der Waals surface area contributed by atoms with Crippen LogP contribution >= 0.6 is 0 Å². The Balaban J connectivity index is 2.28. The Morgan fingerprint density at radius 2 is 1.96 bits per heavy atom. The lowest BCUT2D eigenvalue weighted by molar-refractivity contribution is 0.0950. The number of hydrogen-bond acceptors (Lipinski definition) is 4. The Morgan fingerprint density at radius 3 is 2.67 bits per heavy atom. The molecule has 1 heterocycles. The molecule has 0 aliphatic rings. The number of pyridine rings is 1. The van der Waals surface area contributed by atoms with Gasteiger partial charge in [0.25, 0.3) is 15.9 Å². The van der Waals surface area contributed by atoms with Gasteiger partial charge in [-0.3, -0.25) is 14.5 Å². The lowest BCUT2D eigenvalue weighted by atomic mass is 10.2. The molecule has 1 amide bonds. The molecule has 0 radical (unpaired) electrons. The number of benzene rings is 1. The van der Waals surface area contributed by atoms with Gasteiger partial charge < -0.3 is 5.32 Å². The molecule has 2 rings (SSSR count). The number of carbonyl (C=O) groups excluding carboxylic acids is 1. The summed E-state index contributed by atoms with van der Waals surface area (Å²) in [6.07, 6.45) is 4.84. The fraction of sp³-hybridized carbons (Fsp3) is 0.294. The molecular formula is C17H21N3O3S. The van der Waals surface area contributed by atoms with E-state index in [0.29, 0.717) is 12.2 Å². The quantitative estimate of drug-likeness (QED) is 0.754. The van der Waals surface area contributed by atoms with Gasteiger partial charge in [-0.2, -0.15) is 0 Å². The molecule has 0 unspecified atom stereocenters. The van der Waals surface area contributed by atoms with E-state index < -0.39 is 15.9 Å². The lowest BCUT2D eigenvalue weighted by Crippen LogP contribution is -2.27. The van der Waals surface area contributed by atoms with E-state index in [-0.39, 0.29) is 10.5 Å². The van der Waals surface area contributed by atoms with Crippen LogP contribution in [-0.4, -0.2) is 25.9 Å². The van der Waals surface area contributed by atoms with Crippen LogP contribution in [0.25, 0.3) is 0 Å². The molecule has 0 saturated heterocycles. The van der Waals surface area contributed by atoms with Crippen molar-refractivity contribution in [2.75, 3.05) is 11.3 Å². The van der Waals surface area contributed by atoms with E-state index >= 15 is 0 Å². The monoisotopic (exact) mass is 347 g/mol. The fourth-order valence-corrected chi connectivity index (χ4v) is 3.42. The van der Waals surface area contributed by atoms with Crippen LogP contribution in [0.4, 0.5) is 5.69 Å². The average Bonchev–Trinajstić information content (AvgIpc) is 2.54. The Labute approximate surface area is 142 Å². The predicted molar refractivity (Wildman–Crippen MR) is 93.5 cm³/mol. The third-order valence-corrected chi connectivity index (χ3v) is 4.80. The zero-order valence-electron chi connectivity index (χ0n) is 13.7. The number of aryl methyl sites for hydroxylation is 1. The standard InChI is InChI=1S/C17H21N3O3S/c1-3-4-9-19-17(21)15-7-5-6-8-16(15)24(22,23)20-14-10-13(2)11-18-12-14/h5-8,10-12,20H,3-4,9H2,1-2H3,(H,19,21). The van der Waals surface area contributed by atoms with Crippen molar-refractivity contribution >= 4 is 21.6 Å². The molecule has 0 bridgehead atoms. The molecule has 2 N–H and O–H groups in total. The zero-order chi connectivity index (χ0) is 17.6. The SMILES string of the molecule is CCCCNC(=O)c1ccccc1S(=O)(=O)Nc1cncc(C)c1. The van der Waals surface area contributed by atoms with Crippen LogP contribution in [-0.2, 0) is 10.0 Å². The minimum Gasteiger partial charge on any atom is -0.352 e. The highest BCUT2D eigenvalue weighted by Gasteiger charge is 2.22. The molecular weight excluding hydrogens is 326 g/mol. The Morgan fingerprint density at radius 1 is 1.21 bits per heavy atom. The molecule has 1 aromatic heterocycles. The van der Waals surface area contributed by atoms with E-state index in [4.69, 9.17) is 0 Å². The minimum atomic E-state index is -3.89. The Hall–Kier alpha value is -2.41. The molecule has 128 valence electrons. The second-order valence-corrected chi connectivity index (χ2v) is 7.11. The van der Waals surface area contributed by atoms with Gasteiger partial charge in [0, 0.05) is 12.7 Å². The smallest absolute Gasteiger partial charge is 0.262 e. The molecule has 0 fully saturated rings. The van der Waals surface area contributed by atoms with Gasteiger partial charge in [-0.15, -0.1) is 0 Å². The van der Waals surface area contributed by atoms with Crippen molar-refractivity contribution in [3.63, 3.8) is 0 Å². The number of carbonyl (C=O) groups is 1. The van der Waals surface area contributed by atoms with Crippen molar-refractivity contribution in [2.45, 2.75) is 31.6 Å². The van der Waals surface area contributed by atoms with Crippen molar-refractivity contribution < 1.29 is 13.2 Å². The summed E-state index contributed by atoms with van der Waals surface area (Å²) in [6.45, 7) is 4.35. The number of hydrogen-bond donors (Lipinski definition) is 2. The maximum atomic E-state index is 12.6. The number of nitrogens with zero attached hydrogens (tertiary/aromatic N) is 1. The molecule has 0 atom stereocenters. The fourth-order valence-electron chi connectivity index (χ4n) is 2.18. The normalized spacial score (nSPS) is 11.1. The topological polar surface area (TPSA) is 88.2 Å². The third kappa shape index (κ3) is 4.55. The predicted octanol–water partition coefficient (Wildman–Crippen LogP) is 2.72. The Kier molecular flexibility index (Phi) is 5.92. The highest BCUT2D eigenvalue weighted by Crippen LogP contribution is 2.20. The maximum absolute atomic E-state index is 12.6. The van der Waals surface area contributed by atoms with Gasteiger partial charge in [0.05, 0.1) is 17.4 Å². The summed E-state index contributed by atoms with van der Waals surface area (Å²) in [5.74, 6) is -0.396. The van der Waals surface area contributed by atoms with E-state index in [9.17, 15) is 13.2 Å². The van der Waals surface area contributed by atoms with Crippen LogP contribution in [0, 0.1) is 6.92 Å². The van der Waals surface area contributed by atoms with Crippen molar-refractivity contribution in [2.24, 2.45) is 0 Å². The summed E-state index contributed by atoms with van der Waals surface area (Å²) >= 11 is 0. The van der Waals surface area contributed by atoms with Gasteiger partial charge in [-0.1, -0.05) is 25.5 Å². The number of sulfonamides is 1. The average molecular weight is 347 g/mol. The lowest BCUT2D eigenvalue weighted by Gasteiger charge is -2.12. The third-order valence-electron chi connectivity index (χ3n) is 3.36. The number of anilines is 1. The largest absolute Gasteiger partial charge is 0.352 e. The molecule has 0 aliphatic carbocycles. The van der Waals surface area contributed by atoms with Crippen molar-refractivity contribution in [3.05, 3.63) is 53.9 Å². The minimum absolute atomic E-state index is 0.0551. The summed E-state index contributed by atoms with van der Waals surface area (Å²) in [7, 11) is -3.89. The summed E-state index contributed by atoms with van der Waals surface area (Å²) in [5.41, 5.74) is 1.32. The first-order valence-corrected chi connectivity index (χ1v) is 9.24. The second kappa shape index (κ2) is 7.92. The first kappa shape index (κ1) is 17.9. The van der Waals surface area contributed by atoms with Crippen LogP contribution in [0.3, 0.4) is 0 Å². The first-order valence-electron chi connectivity index (χ1n) is 7.75. The molecule has 0 saturated carbocycles. The number of rotatable bonds is 7.